The molecular formula is C33H22O3. The quantitative estimate of drug-likeness (QED) is 0.265. The molecular weight excluding hydrogens is 444 g/mol. The van der Waals surface area contributed by atoms with E-state index < -0.39 is 5.60 Å². The smallest absolute Gasteiger partial charge is 0.231 e. The number of benzene rings is 5. The van der Waals surface area contributed by atoms with Crippen molar-refractivity contribution < 1.29 is 14.2 Å². The van der Waals surface area contributed by atoms with Crippen LogP contribution in [0.15, 0.2) is 103 Å². The van der Waals surface area contributed by atoms with Gasteiger partial charge < -0.3 is 14.2 Å². The minimum atomic E-state index is -0.746. The van der Waals surface area contributed by atoms with Crippen LogP contribution < -0.4 is 14.2 Å². The van der Waals surface area contributed by atoms with Crippen LogP contribution in [0.2, 0.25) is 0 Å². The second kappa shape index (κ2) is 7.25. The zero-order valence-electron chi connectivity index (χ0n) is 19.5. The van der Waals surface area contributed by atoms with Gasteiger partial charge in [-0.2, -0.15) is 0 Å². The Bertz CT molecular complexity index is 1660. The molecule has 0 spiro atoms. The molecule has 8 rings (SSSR count). The maximum Gasteiger partial charge on any atom is 0.231 e. The fraction of sp³-hybridized carbons (Fsp3) is 0.0909. The molecule has 3 heteroatoms. The molecule has 0 saturated heterocycles. The molecule has 172 valence electrons. The van der Waals surface area contributed by atoms with Crippen LogP contribution >= 0.6 is 0 Å². The maximum absolute atomic E-state index is 7.28. The van der Waals surface area contributed by atoms with E-state index in [1.165, 1.54) is 27.6 Å². The zero-order chi connectivity index (χ0) is 23.7. The molecule has 36 heavy (non-hydrogen) atoms. The fourth-order valence-electron chi connectivity index (χ4n) is 6.10. The standard InChI is InChI=1S/C33H22O3/c1-3-10-22(11-4-1)33(23-12-5-2-6-13-23)18-17-26-30-25(15-16-28-32(30)35-20-34-28)27-19-21-9-7-8-14-24(21)29(27)31(26)36-33/h1-18H,19-20H2. The minimum absolute atomic E-state index is 0.239. The summed E-state index contributed by atoms with van der Waals surface area (Å²) in [5.74, 6) is 2.50. The number of hydrogen-bond donors (Lipinski definition) is 0. The van der Waals surface area contributed by atoms with Crippen molar-refractivity contribution >= 4 is 16.8 Å². The van der Waals surface area contributed by atoms with Crippen molar-refractivity contribution in [3.63, 3.8) is 0 Å². The molecule has 5 aromatic carbocycles. The lowest BCUT2D eigenvalue weighted by molar-refractivity contribution is 0.162. The number of fused-ring (bicyclic) bond motifs is 10. The molecule has 0 radical (unpaired) electrons. The van der Waals surface area contributed by atoms with Crippen molar-refractivity contribution in [2.45, 2.75) is 12.0 Å². The Labute approximate surface area is 209 Å². The third-order valence-corrected chi connectivity index (χ3v) is 7.71. The molecule has 0 aromatic heterocycles. The van der Waals surface area contributed by atoms with Crippen LogP contribution in [-0.2, 0) is 12.0 Å². The largest absolute Gasteiger partial charge is 0.472 e. The van der Waals surface area contributed by atoms with Crippen molar-refractivity contribution in [3.05, 3.63) is 131 Å². The Kier molecular flexibility index (Phi) is 3.98. The van der Waals surface area contributed by atoms with Gasteiger partial charge >= 0.3 is 0 Å². The lowest BCUT2D eigenvalue weighted by atomic mass is 9.82. The van der Waals surface area contributed by atoms with Crippen molar-refractivity contribution in [3.8, 4) is 28.4 Å². The first-order valence-electron chi connectivity index (χ1n) is 12.3. The summed E-state index contributed by atoms with van der Waals surface area (Å²) in [6.07, 6.45) is 5.29. The molecule has 2 aliphatic heterocycles. The first kappa shape index (κ1) is 19.8. The van der Waals surface area contributed by atoms with Crippen LogP contribution in [-0.4, -0.2) is 6.79 Å². The average molecular weight is 467 g/mol. The molecule has 0 N–H and O–H groups in total. The summed E-state index contributed by atoms with van der Waals surface area (Å²) in [5, 5.41) is 2.27. The fourth-order valence-corrected chi connectivity index (χ4v) is 6.10. The van der Waals surface area contributed by atoms with E-state index in [2.05, 4.69) is 91.0 Å². The van der Waals surface area contributed by atoms with E-state index in [0.29, 0.717) is 0 Å². The third kappa shape index (κ3) is 2.57. The van der Waals surface area contributed by atoms with Crippen LogP contribution in [0.5, 0.6) is 17.2 Å². The summed E-state index contributed by atoms with van der Waals surface area (Å²) >= 11 is 0. The van der Waals surface area contributed by atoms with E-state index in [1.807, 2.05) is 18.2 Å². The van der Waals surface area contributed by atoms with Crippen molar-refractivity contribution in [2.75, 3.05) is 6.79 Å². The van der Waals surface area contributed by atoms with Crippen LogP contribution in [0, 0.1) is 0 Å². The Hall–Kier alpha value is -4.50. The summed E-state index contributed by atoms with van der Waals surface area (Å²) in [6, 6.07) is 33.9. The van der Waals surface area contributed by atoms with Gasteiger partial charge in [-0.15, -0.1) is 0 Å². The van der Waals surface area contributed by atoms with Crippen LogP contribution in [0.3, 0.4) is 0 Å². The summed E-state index contributed by atoms with van der Waals surface area (Å²) < 4.78 is 19.1. The molecule has 0 bridgehead atoms. The highest BCUT2D eigenvalue weighted by Crippen LogP contribution is 2.56. The first-order valence-corrected chi connectivity index (χ1v) is 12.3. The number of hydrogen-bond acceptors (Lipinski definition) is 3. The SMILES string of the molecule is C1=CC(c2ccccc2)(c2ccccc2)Oc2c3c(c4ccc5c(c4c21)OCO5)Cc1ccccc1-3. The minimum Gasteiger partial charge on any atom is -0.472 e. The second-order valence-corrected chi connectivity index (χ2v) is 9.56. The van der Waals surface area contributed by atoms with Crippen LogP contribution in [0.1, 0.15) is 27.8 Å². The molecule has 0 atom stereocenters. The van der Waals surface area contributed by atoms with Gasteiger partial charge in [0.25, 0.3) is 0 Å². The van der Waals surface area contributed by atoms with Crippen molar-refractivity contribution in [2.24, 2.45) is 0 Å². The molecule has 5 aromatic rings. The highest BCUT2D eigenvalue weighted by atomic mass is 16.7. The molecule has 0 fully saturated rings. The Morgan fingerprint density at radius 3 is 2.17 bits per heavy atom. The Morgan fingerprint density at radius 1 is 0.667 bits per heavy atom. The number of ether oxygens (including phenoxy) is 3. The third-order valence-electron chi connectivity index (χ3n) is 7.71. The van der Waals surface area contributed by atoms with Crippen molar-refractivity contribution in [1.82, 2.24) is 0 Å². The van der Waals surface area contributed by atoms with Gasteiger partial charge in [0, 0.05) is 27.6 Å². The Morgan fingerprint density at radius 2 is 1.39 bits per heavy atom. The molecule has 0 saturated carbocycles. The lowest BCUT2D eigenvalue weighted by Crippen LogP contribution is -2.34. The summed E-state index contributed by atoms with van der Waals surface area (Å²) in [4.78, 5) is 0. The molecule has 3 nitrogen and oxygen atoms in total. The van der Waals surface area contributed by atoms with Gasteiger partial charge in [-0.25, -0.2) is 0 Å². The van der Waals surface area contributed by atoms with Gasteiger partial charge in [-0.1, -0.05) is 91.0 Å². The summed E-state index contributed by atoms with van der Waals surface area (Å²) in [6.45, 7) is 0.239. The van der Waals surface area contributed by atoms with E-state index in [-0.39, 0.29) is 6.79 Å². The van der Waals surface area contributed by atoms with E-state index in [9.17, 15) is 0 Å². The van der Waals surface area contributed by atoms with E-state index in [0.717, 1.165) is 45.7 Å². The van der Waals surface area contributed by atoms with Crippen LogP contribution in [0.4, 0.5) is 0 Å². The van der Waals surface area contributed by atoms with Crippen molar-refractivity contribution in [1.29, 1.82) is 0 Å². The molecule has 1 aliphatic carbocycles. The summed E-state index contributed by atoms with van der Waals surface area (Å²) in [5.41, 5.74) is 7.53. The normalized spacial score (nSPS) is 15.8. The highest BCUT2D eigenvalue weighted by Gasteiger charge is 2.41. The van der Waals surface area contributed by atoms with Gasteiger partial charge in [-0.05, 0) is 46.7 Å². The van der Waals surface area contributed by atoms with E-state index in [1.54, 1.807) is 0 Å². The second-order valence-electron chi connectivity index (χ2n) is 9.56. The Balaban J connectivity index is 1.48. The molecule has 0 amide bonds. The average Bonchev–Trinajstić information content (AvgIpc) is 3.59. The maximum atomic E-state index is 7.28. The highest BCUT2D eigenvalue weighted by molar-refractivity contribution is 6.08. The predicted molar refractivity (Wildman–Crippen MR) is 142 cm³/mol. The first-order chi connectivity index (χ1) is 17.8. The number of rotatable bonds is 2. The molecule has 0 unspecified atom stereocenters. The summed E-state index contributed by atoms with van der Waals surface area (Å²) in [7, 11) is 0. The van der Waals surface area contributed by atoms with Crippen LogP contribution in [0.25, 0.3) is 28.0 Å². The van der Waals surface area contributed by atoms with E-state index >= 15 is 0 Å². The van der Waals surface area contributed by atoms with Gasteiger partial charge in [-0.3, -0.25) is 0 Å². The monoisotopic (exact) mass is 466 g/mol. The molecule has 3 aliphatic rings. The lowest BCUT2D eigenvalue weighted by Gasteiger charge is -2.37. The predicted octanol–water partition coefficient (Wildman–Crippen LogP) is 7.49. The van der Waals surface area contributed by atoms with Gasteiger partial charge in [0.15, 0.2) is 17.1 Å². The van der Waals surface area contributed by atoms with Gasteiger partial charge in [0.1, 0.15) is 5.75 Å². The topological polar surface area (TPSA) is 27.7 Å². The zero-order valence-corrected chi connectivity index (χ0v) is 19.5. The van der Waals surface area contributed by atoms with Gasteiger partial charge in [0.05, 0.1) is 0 Å². The van der Waals surface area contributed by atoms with E-state index in [4.69, 9.17) is 14.2 Å². The molecule has 2 heterocycles. The van der Waals surface area contributed by atoms with Gasteiger partial charge in [0.2, 0.25) is 6.79 Å².